The highest BCUT2D eigenvalue weighted by molar-refractivity contribution is 8.00. The van der Waals surface area contributed by atoms with E-state index in [4.69, 9.17) is 4.74 Å². The quantitative estimate of drug-likeness (QED) is 0.859. The molecule has 1 aliphatic heterocycles. The molecule has 0 spiro atoms. The van der Waals surface area contributed by atoms with Crippen LogP contribution in [0.5, 0.6) is 5.75 Å². The van der Waals surface area contributed by atoms with Gasteiger partial charge in [-0.25, -0.2) is 0 Å². The smallest absolute Gasteiger partial charge is 0.118 e. The van der Waals surface area contributed by atoms with Crippen molar-refractivity contribution in [2.24, 2.45) is 0 Å². The average Bonchev–Trinajstić information content (AvgIpc) is 2.33. The second kappa shape index (κ2) is 4.68. The Morgan fingerprint density at radius 1 is 1.38 bits per heavy atom. The van der Waals surface area contributed by atoms with Crippen LogP contribution in [0.3, 0.4) is 0 Å². The number of thioether (sulfide) groups is 1. The highest BCUT2D eigenvalue weighted by atomic mass is 32.2. The minimum atomic E-state index is -0.671. The summed E-state index contributed by atoms with van der Waals surface area (Å²) in [6.45, 7) is 2.11. The zero-order valence-corrected chi connectivity index (χ0v) is 10.6. The van der Waals surface area contributed by atoms with Gasteiger partial charge >= 0.3 is 0 Å². The highest BCUT2D eigenvalue weighted by Gasteiger charge is 2.38. The molecule has 2 nitrogen and oxygen atoms in total. The Hall–Kier alpha value is -0.670. The summed E-state index contributed by atoms with van der Waals surface area (Å²) in [5.74, 6) is 1.99. The summed E-state index contributed by atoms with van der Waals surface area (Å²) in [5.41, 5.74) is 0.336. The second-order valence-corrected chi connectivity index (χ2v) is 5.72. The van der Waals surface area contributed by atoms with Gasteiger partial charge in [-0.3, -0.25) is 0 Å². The summed E-state index contributed by atoms with van der Waals surface area (Å²) < 4.78 is 5.13. The molecule has 2 atom stereocenters. The van der Waals surface area contributed by atoms with E-state index in [0.29, 0.717) is 0 Å². The SMILES string of the molecule is COc1ccc(C2(O)CCCSC2C)cc1. The summed E-state index contributed by atoms with van der Waals surface area (Å²) in [4.78, 5) is 0. The van der Waals surface area contributed by atoms with Crippen molar-refractivity contribution in [1.29, 1.82) is 0 Å². The zero-order valence-electron chi connectivity index (χ0n) is 9.77. The van der Waals surface area contributed by atoms with Gasteiger partial charge in [-0.15, -0.1) is 0 Å². The topological polar surface area (TPSA) is 29.5 Å². The normalized spacial score (nSPS) is 30.1. The molecule has 2 rings (SSSR count). The van der Waals surface area contributed by atoms with Crippen molar-refractivity contribution in [3.05, 3.63) is 29.8 Å². The van der Waals surface area contributed by atoms with E-state index in [9.17, 15) is 5.11 Å². The van der Waals surface area contributed by atoms with Crippen LogP contribution in [-0.2, 0) is 5.60 Å². The van der Waals surface area contributed by atoms with Gasteiger partial charge in [-0.2, -0.15) is 11.8 Å². The van der Waals surface area contributed by atoms with E-state index in [2.05, 4.69) is 6.92 Å². The molecule has 1 aliphatic rings. The monoisotopic (exact) mass is 238 g/mol. The lowest BCUT2D eigenvalue weighted by Gasteiger charge is -2.38. The van der Waals surface area contributed by atoms with Crippen LogP contribution in [0.4, 0.5) is 0 Å². The zero-order chi connectivity index (χ0) is 11.6. The first-order valence-corrected chi connectivity index (χ1v) is 6.70. The number of ether oxygens (including phenoxy) is 1. The number of hydrogen-bond donors (Lipinski definition) is 1. The van der Waals surface area contributed by atoms with E-state index < -0.39 is 5.60 Å². The van der Waals surface area contributed by atoms with Crippen molar-refractivity contribution < 1.29 is 9.84 Å². The van der Waals surface area contributed by atoms with Gasteiger partial charge in [0.2, 0.25) is 0 Å². The predicted octanol–water partition coefficient (Wildman–Crippen LogP) is 2.80. The van der Waals surface area contributed by atoms with Crippen LogP contribution in [0.1, 0.15) is 25.3 Å². The summed E-state index contributed by atoms with van der Waals surface area (Å²) in [7, 11) is 1.66. The average molecular weight is 238 g/mol. The van der Waals surface area contributed by atoms with Crippen LogP contribution >= 0.6 is 11.8 Å². The maximum Gasteiger partial charge on any atom is 0.118 e. The Morgan fingerprint density at radius 3 is 2.62 bits per heavy atom. The first-order valence-electron chi connectivity index (χ1n) is 5.65. The van der Waals surface area contributed by atoms with Crippen molar-refractivity contribution in [3.8, 4) is 5.75 Å². The molecule has 2 unspecified atom stereocenters. The first-order chi connectivity index (χ1) is 7.66. The summed E-state index contributed by atoms with van der Waals surface area (Å²) in [6, 6.07) is 7.78. The van der Waals surface area contributed by atoms with Crippen LogP contribution in [0.15, 0.2) is 24.3 Å². The molecular formula is C13H18O2S. The molecule has 16 heavy (non-hydrogen) atoms. The largest absolute Gasteiger partial charge is 0.497 e. The van der Waals surface area contributed by atoms with Crippen LogP contribution in [-0.4, -0.2) is 23.2 Å². The van der Waals surface area contributed by atoms with Gasteiger partial charge in [0.05, 0.1) is 7.11 Å². The van der Waals surface area contributed by atoms with Crippen molar-refractivity contribution >= 4 is 11.8 Å². The molecule has 3 heteroatoms. The van der Waals surface area contributed by atoms with Crippen molar-refractivity contribution in [2.75, 3.05) is 12.9 Å². The van der Waals surface area contributed by atoms with Crippen LogP contribution in [0.2, 0.25) is 0 Å². The predicted molar refractivity (Wildman–Crippen MR) is 68.0 cm³/mol. The molecule has 1 N–H and O–H groups in total. The van der Waals surface area contributed by atoms with E-state index in [0.717, 1.165) is 29.9 Å². The number of benzene rings is 1. The third kappa shape index (κ3) is 2.06. The van der Waals surface area contributed by atoms with Gasteiger partial charge in [0.1, 0.15) is 11.4 Å². The Bertz CT molecular complexity index is 349. The van der Waals surface area contributed by atoms with Crippen molar-refractivity contribution in [1.82, 2.24) is 0 Å². The molecule has 0 bridgehead atoms. The maximum atomic E-state index is 10.7. The molecule has 1 aromatic carbocycles. The van der Waals surface area contributed by atoms with Gasteiger partial charge in [0, 0.05) is 5.25 Å². The van der Waals surface area contributed by atoms with E-state index in [1.54, 1.807) is 7.11 Å². The number of rotatable bonds is 2. The van der Waals surface area contributed by atoms with E-state index >= 15 is 0 Å². The lowest BCUT2D eigenvalue weighted by Crippen LogP contribution is -2.38. The number of aliphatic hydroxyl groups is 1. The van der Waals surface area contributed by atoms with Crippen LogP contribution in [0, 0.1) is 0 Å². The van der Waals surface area contributed by atoms with E-state index in [1.807, 2.05) is 36.0 Å². The Kier molecular flexibility index (Phi) is 3.45. The summed E-state index contributed by atoms with van der Waals surface area (Å²) in [6.07, 6.45) is 1.94. The van der Waals surface area contributed by atoms with Crippen molar-refractivity contribution in [3.63, 3.8) is 0 Å². The minimum absolute atomic E-state index is 0.259. The molecule has 0 radical (unpaired) electrons. The van der Waals surface area contributed by atoms with Gasteiger partial charge < -0.3 is 9.84 Å². The van der Waals surface area contributed by atoms with Crippen LogP contribution < -0.4 is 4.74 Å². The molecule has 0 amide bonds. The van der Waals surface area contributed by atoms with Crippen LogP contribution in [0.25, 0.3) is 0 Å². The van der Waals surface area contributed by atoms with Gasteiger partial charge in [0.25, 0.3) is 0 Å². The lowest BCUT2D eigenvalue weighted by molar-refractivity contribution is 0.0254. The molecule has 88 valence electrons. The van der Waals surface area contributed by atoms with E-state index in [1.165, 1.54) is 0 Å². The minimum Gasteiger partial charge on any atom is -0.497 e. The molecule has 1 fully saturated rings. The third-order valence-corrected chi connectivity index (χ3v) is 4.75. The Morgan fingerprint density at radius 2 is 2.06 bits per heavy atom. The fraction of sp³-hybridized carbons (Fsp3) is 0.538. The molecule has 1 heterocycles. The first kappa shape index (κ1) is 11.8. The Labute approximate surface area is 101 Å². The molecule has 1 saturated heterocycles. The summed E-state index contributed by atoms with van der Waals surface area (Å²) in [5, 5.41) is 11.0. The standard InChI is InChI=1S/C13H18O2S/c1-10-13(14,8-3-9-16-10)11-4-6-12(15-2)7-5-11/h4-7,10,14H,3,8-9H2,1-2H3. The third-order valence-electron chi connectivity index (χ3n) is 3.33. The van der Waals surface area contributed by atoms with Gasteiger partial charge in [-0.05, 0) is 36.3 Å². The number of hydrogen-bond acceptors (Lipinski definition) is 3. The molecule has 0 aromatic heterocycles. The molecular weight excluding hydrogens is 220 g/mol. The van der Waals surface area contributed by atoms with Gasteiger partial charge in [-0.1, -0.05) is 19.1 Å². The Balaban J connectivity index is 2.26. The second-order valence-electron chi connectivity index (χ2n) is 4.27. The molecule has 0 aliphatic carbocycles. The van der Waals surface area contributed by atoms with Crippen molar-refractivity contribution in [2.45, 2.75) is 30.6 Å². The van der Waals surface area contributed by atoms with Gasteiger partial charge in [0.15, 0.2) is 0 Å². The van der Waals surface area contributed by atoms with E-state index in [-0.39, 0.29) is 5.25 Å². The molecule has 0 saturated carbocycles. The molecule has 1 aromatic rings. The fourth-order valence-electron chi connectivity index (χ4n) is 2.20. The lowest BCUT2D eigenvalue weighted by atomic mass is 9.86. The highest BCUT2D eigenvalue weighted by Crippen LogP contribution is 2.41. The number of methoxy groups -OCH3 is 1. The maximum absolute atomic E-state index is 10.7. The summed E-state index contributed by atoms with van der Waals surface area (Å²) >= 11 is 1.85. The fourth-order valence-corrected chi connectivity index (χ4v) is 3.40.